The molecule has 1 fully saturated rings. The maximum atomic E-state index is 12.6. The van der Waals surface area contributed by atoms with Crippen LogP contribution in [0.5, 0.6) is 5.75 Å². The van der Waals surface area contributed by atoms with Crippen LogP contribution in [0.4, 0.5) is 24.9 Å². The Kier molecular flexibility index (Phi) is 8.41. The predicted molar refractivity (Wildman–Crippen MR) is 148 cm³/mol. The molecule has 3 heterocycles. The molecule has 1 aliphatic carbocycles. The topological polar surface area (TPSA) is 146 Å². The van der Waals surface area contributed by atoms with Crippen LogP contribution < -0.4 is 15.4 Å². The normalized spacial score (nSPS) is 20.9. The fourth-order valence-corrected chi connectivity index (χ4v) is 6.26. The van der Waals surface area contributed by atoms with E-state index in [0.29, 0.717) is 33.2 Å². The molecule has 5 N–H and O–H groups in total. The van der Waals surface area contributed by atoms with Crippen molar-refractivity contribution >= 4 is 56.5 Å². The van der Waals surface area contributed by atoms with E-state index >= 15 is 0 Å². The van der Waals surface area contributed by atoms with Crippen molar-refractivity contribution in [3.05, 3.63) is 51.9 Å². The van der Waals surface area contributed by atoms with E-state index in [-0.39, 0.29) is 35.6 Å². The zero-order valence-electron chi connectivity index (χ0n) is 21.2. The first kappa shape index (κ1) is 29.5. The van der Waals surface area contributed by atoms with Crippen molar-refractivity contribution < 1.29 is 33.2 Å². The van der Waals surface area contributed by atoms with Crippen molar-refractivity contribution in [1.82, 2.24) is 19.9 Å². The largest absolute Gasteiger partial charge is 0.573 e. The summed E-state index contributed by atoms with van der Waals surface area (Å²) < 4.78 is 42.6. The maximum absolute atomic E-state index is 12.6. The average Bonchev–Trinajstić information content (AvgIpc) is 3.43. The number of halogens is 5. The van der Waals surface area contributed by atoms with Crippen LogP contribution in [0.2, 0.25) is 10.0 Å². The van der Waals surface area contributed by atoms with Crippen molar-refractivity contribution in [1.29, 1.82) is 0 Å². The second-order valence-electron chi connectivity index (χ2n) is 9.40. The fourth-order valence-electron chi connectivity index (χ4n) is 4.63. The third-order valence-electron chi connectivity index (χ3n) is 6.62. The van der Waals surface area contributed by atoms with Gasteiger partial charge in [0.2, 0.25) is 5.95 Å². The number of nitrogens with one attached hydrogen (secondary N) is 2. The van der Waals surface area contributed by atoms with Crippen molar-refractivity contribution in [2.75, 3.05) is 17.2 Å². The molecule has 16 heteroatoms. The van der Waals surface area contributed by atoms with Crippen molar-refractivity contribution in [3.8, 4) is 16.3 Å². The lowest BCUT2D eigenvalue weighted by Gasteiger charge is -2.21. The minimum atomic E-state index is -4.90. The van der Waals surface area contributed by atoms with Crippen LogP contribution in [0.25, 0.3) is 20.8 Å². The summed E-state index contributed by atoms with van der Waals surface area (Å²) >= 11 is 13.8. The van der Waals surface area contributed by atoms with E-state index < -0.39 is 36.3 Å². The number of alkyl halides is 3. The number of pyridine rings is 1. The van der Waals surface area contributed by atoms with E-state index in [4.69, 9.17) is 23.2 Å². The van der Waals surface area contributed by atoms with E-state index in [0.717, 1.165) is 16.8 Å². The lowest BCUT2D eigenvalue weighted by atomic mass is 10.1. The molecule has 4 atom stereocenters. The summed E-state index contributed by atoms with van der Waals surface area (Å²) in [6.45, 7) is 1.42. The first-order valence-corrected chi connectivity index (χ1v) is 13.8. The molecular formula is C25H23Cl2F3N6O4S. The van der Waals surface area contributed by atoms with Crippen LogP contribution in [0.1, 0.15) is 17.7 Å². The predicted octanol–water partition coefficient (Wildman–Crippen LogP) is 4.79. The number of thiazole rings is 1. The molecule has 0 amide bonds. The zero-order chi connectivity index (χ0) is 29.5. The van der Waals surface area contributed by atoms with Gasteiger partial charge in [0.15, 0.2) is 0 Å². The zero-order valence-corrected chi connectivity index (χ0v) is 23.5. The third kappa shape index (κ3) is 6.42. The van der Waals surface area contributed by atoms with Gasteiger partial charge in [-0.25, -0.2) is 9.97 Å². The van der Waals surface area contributed by atoms with Crippen LogP contribution in [-0.2, 0) is 6.54 Å². The van der Waals surface area contributed by atoms with Crippen molar-refractivity contribution in [3.63, 3.8) is 0 Å². The molecule has 0 aliphatic heterocycles. The molecule has 0 bridgehead atoms. The third-order valence-corrected chi connectivity index (χ3v) is 8.35. The Morgan fingerprint density at radius 1 is 1.12 bits per heavy atom. The van der Waals surface area contributed by atoms with Gasteiger partial charge in [-0.3, -0.25) is 4.98 Å². The SMILES string of the molecule is Cc1nc(NCc2c(Cl)cc(OC(F)(F)F)cc2Cl)nc(N[C@@H]2C[C@H](CO)[C@@H](O)[C@H]2O)c1-c1nc2cnccc2s1. The molecule has 41 heavy (non-hydrogen) atoms. The monoisotopic (exact) mass is 630 g/mol. The molecule has 1 aromatic carbocycles. The Bertz CT molecular complexity index is 1520. The summed E-state index contributed by atoms with van der Waals surface area (Å²) in [6, 6.07) is 3.21. The second kappa shape index (κ2) is 11.7. The molecule has 5 rings (SSSR count). The molecule has 1 aliphatic rings. The van der Waals surface area contributed by atoms with Gasteiger partial charge in [-0.2, -0.15) is 4.98 Å². The molecule has 0 radical (unpaired) electrons. The lowest BCUT2D eigenvalue weighted by Crippen LogP contribution is -2.35. The highest BCUT2D eigenvalue weighted by Gasteiger charge is 2.41. The number of anilines is 2. The van der Waals surface area contributed by atoms with Crippen molar-refractivity contribution in [2.24, 2.45) is 5.92 Å². The Hall–Kier alpha value is -3.01. The second-order valence-corrected chi connectivity index (χ2v) is 11.2. The number of hydrogen-bond acceptors (Lipinski definition) is 11. The molecule has 0 unspecified atom stereocenters. The Morgan fingerprint density at radius 2 is 1.85 bits per heavy atom. The number of hydrogen-bond donors (Lipinski definition) is 5. The maximum Gasteiger partial charge on any atom is 0.573 e. The summed E-state index contributed by atoms with van der Waals surface area (Å²) in [5.41, 5.74) is 2.06. The van der Waals surface area contributed by atoms with E-state index in [1.807, 2.05) is 6.07 Å². The highest BCUT2D eigenvalue weighted by molar-refractivity contribution is 7.21. The summed E-state index contributed by atoms with van der Waals surface area (Å²) in [7, 11) is 0. The van der Waals surface area contributed by atoms with E-state index in [1.54, 1.807) is 19.3 Å². The standard InChI is InChI=1S/C25H23Cl2F3N6O4S/c1-10-19(23-35-17-8-31-3-2-18(17)41-23)22(34-16-4-11(9-37)20(38)21(16)39)36-24(33-10)32-7-13-14(26)5-12(6-15(13)27)40-25(28,29)30/h2-3,5-6,8,11,16,20-21,37-39H,4,7,9H2,1H3,(H2,32,33,34,36)/t11-,16-,20-,21+/m1/s1. The summed E-state index contributed by atoms with van der Waals surface area (Å²) in [5, 5.41) is 37.2. The number of aryl methyl sites for hydroxylation is 1. The number of nitrogens with zero attached hydrogens (tertiary/aromatic N) is 4. The van der Waals surface area contributed by atoms with Crippen LogP contribution >= 0.6 is 34.5 Å². The van der Waals surface area contributed by atoms with Gasteiger partial charge >= 0.3 is 6.36 Å². The quantitative estimate of drug-likeness (QED) is 0.184. The van der Waals surface area contributed by atoms with E-state index in [2.05, 4.69) is 35.3 Å². The minimum absolute atomic E-state index is 0.0354. The molecule has 3 aromatic heterocycles. The van der Waals surface area contributed by atoms with Gasteiger partial charge in [0.05, 0.1) is 44.3 Å². The van der Waals surface area contributed by atoms with Gasteiger partial charge in [0.25, 0.3) is 0 Å². The molecular weight excluding hydrogens is 608 g/mol. The van der Waals surface area contributed by atoms with Gasteiger partial charge in [0.1, 0.15) is 28.2 Å². The van der Waals surface area contributed by atoms with E-state index in [1.165, 1.54) is 11.3 Å². The molecule has 1 saturated carbocycles. The first-order valence-electron chi connectivity index (χ1n) is 12.2. The Morgan fingerprint density at radius 3 is 2.49 bits per heavy atom. The molecule has 0 saturated heterocycles. The summed E-state index contributed by atoms with van der Waals surface area (Å²) in [6.07, 6.45) is -3.61. The van der Waals surface area contributed by atoms with E-state index in [9.17, 15) is 28.5 Å². The molecule has 0 spiro atoms. The number of aliphatic hydroxyl groups is 3. The number of fused-ring (bicyclic) bond motifs is 1. The number of aliphatic hydroxyl groups excluding tert-OH is 3. The van der Waals surface area contributed by atoms with Crippen LogP contribution in [-0.4, -0.2) is 66.5 Å². The first-order chi connectivity index (χ1) is 19.4. The molecule has 218 valence electrons. The number of benzene rings is 1. The Balaban J connectivity index is 1.47. The van der Waals surface area contributed by atoms with Gasteiger partial charge in [0, 0.05) is 30.8 Å². The van der Waals surface area contributed by atoms with Gasteiger partial charge in [-0.15, -0.1) is 24.5 Å². The van der Waals surface area contributed by atoms with Crippen LogP contribution in [0.15, 0.2) is 30.6 Å². The van der Waals surface area contributed by atoms with Crippen LogP contribution in [0.3, 0.4) is 0 Å². The van der Waals surface area contributed by atoms with Crippen molar-refractivity contribution in [2.45, 2.75) is 44.5 Å². The lowest BCUT2D eigenvalue weighted by molar-refractivity contribution is -0.274. The van der Waals surface area contributed by atoms with Gasteiger partial charge in [-0.05, 0) is 31.5 Å². The Labute approximate surface area is 245 Å². The highest BCUT2D eigenvalue weighted by Crippen LogP contribution is 2.38. The average molecular weight is 631 g/mol. The summed E-state index contributed by atoms with van der Waals surface area (Å²) in [5.74, 6) is -0.628. The smallest absolute Gasteiger partial charge is 0.406 e. The van der Waals surface area contributed by atoms with Gasteiger partial charge in [-0.1, -0.05) is 23.2 Å². The molecule has 4 aromatic rings. The highest BCUT2D eigenvalue weighted by atomic mass is 35.5. The molecule has 10 nitrogen and oxygen atoms in total. The minimum Gasteiger partial charge on any atom is -0.406 e. The fraction of sp³-hybridized carbons (Fsp3) is 0.360. The van der Waals surface area contributed by atoms with Crippen LogP contribution in [0, 0.1) is 12.8 Å². The number of rotatable bonds is 8. The number of ether oxygens (including phenoxy) is 1. The summed E-state index contributed by atoms with van der Waals surface area (Å²) in [4.78, 5) is 17.9. The number of aromatic nitrogens is 4. The van der Waals surface area contributed by atoms with Gasteiger partial charge < -0.3 is 30.7 Å².